The summed E-state index contributed by atoms with van der Waals surface area (Å²) < 4.78 is 5.37. The number of hydrogen-bond donors (Lipinski definition) is 2. The molecule has 1 aromatic carbocycles. The first-order valence-electron chi connectivity index (χ1n) is 7.52. The Labute approximate surface area is 127 Å². The molecule has 2 rings (SSSR count). The number of para-hydroxylation sites is 2. The molecule has 2 atom stereocenters. The summed E-state index contributed by atoms with van der Waals surface area (Å²) in [5.74, 6) is 0.621. The Morgan fingerprint density at radius 1 is 1.33 bits per heavy atom. The van der Waals surface area contributed by atoms with Gasteiger partial charge in [-0.1, -0.05) is 32.9 Å². The molecule has 2 unspecified atom stereocenters. The quantitative estimate of drug-likeness (QED) is 0.895. The number of benzene rings is 1. The lowest BCUT2D eigenvalue weighted by molar-refractivity contribution is -0.126. The highest BCUT2D eigenvalue weighted by Gasteiger charge is 2.48. The molecule has 3 N–H and O–H groups in total. The molecule has 4 heteroatoms. The summed E-state index contributed by atoms with van der Waals surface area (Å²) in [5.41, 5.74) is 6.15. The third kappa shape index (κ3) is 2.99. The second-order valence-corrected chi connectivity index (χ2v) is 6.93. The van der Waals surface area contributed by atoms with Crippen LogP contribution in [0.2, 0.25) is 0 Å². The number of anilines is 1. The van der Waals surface area contributed by atoms with Crippen molar-refractivity contribution in [1.29, 1.82) is 0 Å². The topological polar surface area (TPSA) is 64.3 Å². The minimum absolute atomic E-state index is 0.170. The second kappa shape index (κ2) is 5.58. The van der Waals surface area contributed by atoms with E-state index in [0.29, 0.717) is 0 Å². The maximum absolute atomic E-state index is 12.2. The van der Waals surface area contributed by atoms with E-state index in [4.69, 9.17) is 10.5 Å². The van der Waals surface area contributed by atoms with Crippen LogP contribution in [-0.4, -0.2) is 18.6 Å². The minimum Gasteiger partial charge on any atom is -0.495 e. The molecular weight excluding hydrogens is 264 g/mol. The summed E-state index contributed by atoms with van der Waals surface area (Å²) in [6, 6.07) is 7.65. The lowest BCUT2D eigenvalue weighted by Gasteiger charge is -2.47. The van der Waals surface area contributed by atoms with Crippen LogP contribution in [0.3, 0.4) is 0 Å². The minimum atomic E-state index is -0.704. The van der Waals surface area contributed by atoms with Gasteiger partial charge in [0.1, 0.15) is 11.3 Å². The molecule has 1 saturated carbocycles. The molecule has 0 radical (unpaired) electrons. The third-order valence-corrected chi connectivity index (χ3v) is 4.80. The first-order chi connectivity index (χ1) is 9.81. The van der Waals surface area contributed by atoms with Crippen molar-refractivity contribution >= 4 is 11.6 Å². The van der Waals surface area contributed by atoms with Gasteiger partial charge in [-0.3, -0.25) is 4.79 Å². The number of rotatable bonds is 4. The Morgan fingerprint density at radius 3 is 2.57 bits per heavy atom. The molecule has 0 bridgehead atoms. The summed E-state index contributed by atoms with van der Waals surface area (Å²) in [6.45, 7) is 6.60. The maximum atomic E-state index is 12.2. The van der Waals surface area contributed by atoms with E-state index < -0.39 is 5.54 Å². The zero-order valence-electron chi connectivity index (χ0n) is 13.4. The van der Waals surface area contributed by atoms with Crippen LogP contribution in [0.1, 0.15) is 40.0 Å². The summed E-state index contributed by atoms with van der Waals surface area (Å²) in [7, 11) is 1.63. The van der Waals surface area contributed by atoms with Gasteiger partial charge in [-0.2, -0.15) is 0 Å². The van der Waals surface area contributed by atoms with Crippen LogP contribution in [0.5, 0.6) is 5.75 Å². The monoisotopic (exact) mass is 290 g/mol. The molecule has 1 aliphatic rings. The van der Waals surface area contributed by atoms with E-state index in [0.717, 1.165) is 30.7 Å². The van der Waals surface area contributed by atoms with Crippen molar-refractivity contribution in [2.75, 3.05) is 12.4 Å². The van der Waals surface area contributed by atoms with Crippen LogP contribution in [-0.2, 0) is 4.79 Å². The molecule has 116 valence electrons. The number of nitrogens with one attached hydrogen (secondary N) is 1. The Morgan fingerprint density at radius 2 is 2.00 bits per heavy atom. The van der Waals surface area contributed by atoms with Crippen molar-refractivity contribution in [3.63, 3.8) is 0 Å². The smallest absolute Gasteiger partial charge is 0.243 e. The van der Waals surface area contributed by atoms with Crippen LogP contribution >= 0.6 is 0 Å². The Kier molecular flexibility index (Phi) is 4.17. The number of amides is 1. The predicted octanol–water partition coefficient (Wildman–Crippen LogP) is 3.18. The molecule has 0 heterocycles. The largest absolute Gasteiger partial charge is 0.495 e. The fourth-order valence-electron chi connectivity index (χ4n) is 3.49. The fourth-order valence-corrected chi connectivity index (χ4v) is 3.49. The molecule has 1 fully saturated rings. The molecule has 21 heavy (non-hydrogen) atoms. The van der Waals surface area contributed by atoms with E-state index in [1.54, 1.807) is 7.11 Å². The van der Waals surface area contributed by atoms with Crippen LogP contribution in [0.15, 0.2) is 24.3 Å². The van der Waals surface area contributed by atoms with Gasteiger partial charge in [0.15, 0.2) is 0 Å². The van der Waals surface area contributed by atoms with E-state index in [9.17, 15) is 4.79 Å². The van der Waals surface area contributed by atoms with E-state index in [1.807, 2.05) is 24.3 Å². The van der Waals surface area contributed by atoms with Gasteiger partial charge in [-0.05, 0) is 42.7 Å². The predicted molar refractivity (Wildman–Crippen MR) is 85.3 cm³/mol. The first-order valence-corrected chi connectivity index (χ1v) is 7.52. The summed E-state index contributed by atoms with van der Waals surface area (Å²) in [6.07, 6.45) is 2.69. The van der Waals surface area contributed by atoms with Gasteiger partial charge in [0.05, 0.1) is 12.8 Å². The standard InChI is InChI=1S/C17H26N2O2/c1-12-11-16(2,3)9-10-17(12,15(18)20)19-13-7-5-6-8-14(13)21-4/h5-8,12,19H,9-11H2,1-4H3,(H2,18,20). The summed E-state index contributed by atoms with van der Waals surface area (Å²) >= 11 is 0. The number of methoxy groups -OCH3 is 1. The van der Waals surface area contributed by atoms with Crippen molar-refractivity contribution < 1.29 is 9.53 Å². The van der Waals surface area contributed by atoms with E-state index in [1.165, 1.54) is 0 Å². The molecule has 0 aliphatic heterocycles. The van der Waals surface area contributed by atoms with Crippen LogP contribution in [0, 0.1) is 11.3 Å². The molecule has 0 saturated heterocycles. The molecule has 0 aromatic heterocycles. The van der Waals surface area contributed by atoms with Crippen molar-refractivity contribution in [3.05, 3.63) is 24.3 Å². The highest BCUT2D eigenvalue weighted by Crippen LogP contribution is 2.46. The lowest BCUT2D eigenvalue weighted by Crippen LogP contribution is -2.58. The Bertz CT molecular complexity index is 527. The van der Waals surface area contributed by atoms with E-state index in [-0.39, 0.29) is 17.2 Å². The van der Waals surface area contributed by atoms with E-state index in [2.05, 4.69) is 26.1 Å². The zero-order valence-corrected chi connectivity index (χ0v) is 13.4. The van der Waals surface area contributed by atoms with Crippen molar-refractivity contribution in [2.45, 2.75) is 45.6 Å². The number of carbonyl (C=O) groups is 1. The highest BCUT2D eigenvalue weighted by atomic mass is 16.5. The van der Waals surface area contributed by atoms with Crippen LogP contribution in [0.25, 0.3) is 0 Å². The SMILES string of the molecule is COc1ccccc1NC1(C(N)=O)CCC(C)(C)CC1C. The van der Waals surface area contributed by atoms with Gasteiger partial charge >= 0.3 is 0 Å². The Balaban J connectivity index is 2.34. The van der Waals surface area contributed by atoms with Crippen molar-refractivity contribution in [2.24, 2.45) is 17.1 Å². The van der Waals surface area contributed by atoms with Crippen LogP contribution in [0.4, 0.5) is 5.69 Å². The van der Waals surface area contributed by atoms with Gasteiger partial charge in [0.25, 0.3) is 0 Å². The van der Waals surface area contributed by atoms with Gasteiger partial charge in [0, 0.05) is 0 Å². The Hall–Kier alpha value is -1.71. The number of carbonyl (C=O) groups excluding carboxylic acids is 1. The fraction of sp³-hybridized carbons (Fsp3) is 0.588. The molecule has 1 aliphatic carbocycles. The third-order valence-electron chi connectivity index (χ3n) is 4.80. The lowest BCUT2D eigenvalue weighted by atomic mass is 9.63. The highest BCUT2D eigenvalue weighted by molar-refractivity contribution is 5.89. The molecule has 1 amide bonds. The summed E-state index contributed by atoms with van der Waals surface area (Å²) in [5, 5.41) is 3.40. The zero-order chi connectivity index (χ0) is 15.7. The average molecular weight is 290 g/mol. The maximum Gasteiger partial charge on any atom is 0.243 e. The average Bonchev–Trinajstić information content (AvgIpc) is 2.42. The van der Waals surface area contributed by atoms with Gasteiger partial charge in [-0.25, -0.2) is 0 Å². The summed E-state index contributed by atoms with van der Waals surface area (Å²) in [4.78, 5) is 12.2. The normalized spacial score (nSPS) is 27.9. The number of ether oxygens (including phenoxy) is 1. The second-order valence-electron chi connectivity index (χ2n) is 6.93. The van der Waals surface area contributed by atoms with Gasteiger partial charge in [-0.15, -0.1) is 0 Å². The first kappa shape index (κ1) is 15.7. The van der Waals surface area contributed by atoms with Crippen LogP contribution < -0.4 is 15.8 Å². The molecule has 0 spiro atoms. The van der Waals surface area contributed by atoms with Gasteiger partial charge < -0.3 is 15.8 Å². The molecule has 1 aromatic rings. The number of primary amides is 1. The van der Waals surface area contributed by atoms with E-state index >= 15 is 0 Å². The molecular formula is C17H26N2O2. The van der Waals surface area contributed by atoms with Crippen molar-refractivity contribution in [3.8, 4) is 5.75 Å². The number of hydrogen-bond acceptors (Lipinski definition) is 3. The van der Waals surface area contributed by atoms with Crippen molar-refractivity contribution in [1.82, 2.24) is 0 Å². The number of nitrogens with two attached hydrogens (primary N) is 1. The molecule has 4 nitrogen and oxygen atoms in total. The van der Waals surface area contributed by atoms with Gasteiger partial charge in [0.2, 0.25) is 5.91 Å².